The zero-order valence-electron chi connectivity index (χ0n) is 18.5. The highest BCUT2D eigenvalue weighted by atomic mass is 35.5. The van der Waals surface area contributed by atoms with Gasteiger partial charge in [-0.2, -0.15) is 5.10 Å². The SMILES string of the molecule is CC1(C)Cc2c(-c3cc(NC(=O)[C@@H]4CCC[C@H](c5cccnc5)C4)ncc3Cl)cnn2C1. The van der Waals surface area contributed by atoms with E-state index in [1.165, 1.54) is 11.3 Å². The summed E-state index contributed by atoms with van der Waals surface area (Å²) in [4.78, 5) is 21.7. The van der Waals surface area contributed by atoms with Crippen LogP contribution in [0.1, 0.15) is 56.7 Å². The number of nitrogens with zero attached hydrogens (tertiary/aromatic N) is 4. The molecule has 1 aliphatic carbocycles. The van der Waals surface area contributed by atoms with Crippen LogP contribution in [-0.2, 0) is 17.8 Å². The van der Waals surface area contributed by atoms with Gasteiger partial charge in [0.25, 0.3) is 0 Å². The highest BCUT2D eigenvalue weighted by Gasteiger charge is 2.32. The molecule has 1 N–H and O–H groups in total. The van der Waals surface area contributed by atoms with Gasteiger partial charge >= 0.3 is 0 Å². The molecule has 5 rings (SSSR count). The molecule has 1 amide bonds. The molecular weight excluding hydrogens is 422 g/mol. The molecule has 3 aromatic rings. The summed E-state index contributed by atoms with van der Waals surface area (Å²) >= 11 is 6.51. The lowest BCUT2D eigenvalue weighted by Crippen LogP contribution is -2.27. The molecule has 3 aromatic heterocycles. The van der Waals surface area contributed by atoms with Gasteiger partial charge in [-0.1, -0.05) is 37.9 Å². The number of anilines is 1. The number of hydrogen-bond donors (Lipinski definition) is 1. The predicted molar refractivity (Wildman–Crippen MR) is 126 cm³/mol. The Balaban J connectivity index is 1.33. The summed E-state index contributed by atoms with van der Waals surface area (Å²) in [7, 11) is 0. The van der Waals surface area contributed by atoms with Gasteiger partial charge in [-0.3, -0.25) is 14.5 Å². The number of aromatic nitrogens is 4. The van der Waals surface area contributed by atoms with E-state index in [4.69, 9.17) is 11.6 Å². The van der Waals surface area contributed by atoms with E-state index in [-0.39, 0.29) is 17.2 Å². The summed E-state index contributed by atoms with van der Waals surface area (Å²) in [6.07, 6.45) is 12.0. The summed E-state index contributed by atoms with van der Waals surface area (Å²) in [5.74, 6) is 0.909. The molecule has 0 spiro atoms. The van der Waals surface area contributed by atoms with Crippen LogP contribution >= 0.6 is 11.6 Å². The zero-order chi connectivity index (χ0) is 22.3. The quantitative estimate of drug-likeness (QED) is 0.571. The van der Waals surface area contributed by atoms with Crippen molar-refractivity contribution in [1.29, 1.82) is 0 Å². The standard InChI is InChI=1S/C25H28ClN5O/c1-25(2)11-22-20(13-29-31(22)15-25)19-10-23(28-14-21(19)26)30-24(32)17-6-3-5-16(9-17)18-7-4-8-27-12-18/h4,7-8,10,12-14,16-17H,3,5-6,9,11,15H2,1-2H3,(H,28,30,32)/t16-,17+/m0/s1. The molecule has 1 aliphatic heterocycles. The second-order valence-corrected chi connectivity index (χ2v) is 10.3. The molecule has 6 nitrogen and oxygen atoms in total. The molecule has 2 atom stereocenters. The molecule has 2 aliphatic rings. The van der Waals surface area contributed by atoms with Crippen molar-refractivity contribution in [3.8, 4) is 11.1 Å². The summed E-state index contributed by atoms with van der Waals surface area (Å²) in [5.41, 5.74) is 4.48. The monoisotopic (exact) mass is 449 g/mol. The minimum atomic E-state index is -0.0314. The van der Waals surface area contributed by atoms with Gasteiger partial charge < -0.3 is 5.32 Å². The molecule has 0 saturated heterocycles. The molecule has 0 radical (unpaired) electrons. The first-order valence-corrected chi connectivity index (χ1v) is 11.7. The number of carbonyl (C=O) groups excluding carboxylic acids is 1. The third-order valence-corrected chi connectivity index (χ3v) is 7.07. The number of hydrogen-bond acceptors (Lipinski definition) is 4. The van der Waals surface area contributed by atoms with E-state index in [1.807, 2.05) is 24.5 Å². The second-order valence-electron chi connectivity index (χ2n) is 9.89. The Morgan fingerprint density at radius 3 is 2.91 bits per heavy atom. The van der Waals surface area contributed by atoms with E-state index in [0.717, 1.165) is 49.8 Å². The molecular formula is C25H28ClN5O. The highest BCUT2D eigenvalue weighted by molar-refractivity contribution is 6.33. The van der Waals surface area contributed by atoms with Crippen LogP contribution in [0.15, 0.2) is 43.0 Å². The second kappa shape index (κ2) is 8.32. The van der Waals surface area contributed by atoms with E-state index in [9.17, 15) is 4.79 Å². The van der Waals surface area contributed by atoms with Crippen LogP contribution in [0.4, 0.5) is 5.82 Å². The first-order chi connectivity index (χ1) is 15.4. The molecule has 166 valence electrons. The number of halogens is 1. The van der Waals surface area contributed by atoms with Crippen LogP contribution in [0.2, 0.25) is 5.02 Å². The van der Waals surface area contributed by atoms with Gasteiger partial charge in [0.05, 0.1) is 11.2 Å². The van der Waals surface area contributed by atoms with Crippen LogP contribution in [-0.4, -0.2) is 25.7 Å². The average molecular weight is 450 g/mol. The maximum Gasteiger partial charge on any atom is 0.228 e. The Morgan fingerprint density at radius 2 is 2.09 bits per heavy atom. The Bertz CT molecular complexity index is 1140. The van der Waals surface area contributed by atoms with Crippen LogP contribution in [0, 0.1) is 11.3 Å². The van der Waals surface area contributed by atoms with Crippen molar-refractivity contribution in [2.75, 3.05) is 5.32 Å². The van der Waals surface area contributed by atoms with Crippen LogP contribution in [0.3, 0.4) is 0 Å². The van der Waals surface area contributed by atoms with Gasteiger partial charge in [-0.05, 0) is 54.7 Å². The topological polar surface area (TPSA) is 72.7 Å². The van der Waals surface area contributed by atoms with Crippen molar-refractivity contribution in [3.63, 3.8) is 0 Å². The number of pyridine rings is 2. The van der Waals surface area contributed by atoms with E-state index >= 15 is 0 Å². The van der Waals surface area contributed by atoms with Gasteiger partial charge in [0.15, 0.2) is 0 Å². The third-order valence-electron chi connectivity index (χ3n) is 6.77. The first-order valence-electron chi connectivity index (χ1n) is 11.3. The first kappa shape index (κ1) is 21.1. The Morgan fingerprint density at radius 1 is 1.22 bits per heavy atom. The number of nitrogens with one attached hydrogen (secondary N) is 1. The van der Waals surface area contributed by atoms with E-state index in [0.29, 0.717) is 16.8 Å². The van der Waals surface area contributed by atoms with Crippen molar-refractivity contribution in [2.45, 2.75) is 58.4 Å². The van der Waals surface area contributed by atoms with Crippen LogP contribution < -0.4 is 5.32 Å². The largest absolute Gasteiger partial charge is 0.310 e. The predicted octanol–water partition coefficient (Wildman–Crippen LogP) is 5.49. The minimum absolute atomic E-state index is 0.0285. The molecule has 0 unspecified atom stereocenters. The molecule has 1 saturated carbocycles. The van der Waals surface area contributed by atoms with E-state index < -0.39 is 0 Å². The fraction of sp³-hybridized carbons (Fsp3) is 0.440. The molecule has 0 aromatic carbocycles. The summed E-state index contributed by atoms with van der Waals surface area (Å²) in [6, 6.07) is 5.95. The van der Waals surface area contributed by atoms with Crippen molar-refractivity contribution in [3.05, 3.63) is 59.3 Å². The normalized spacial score (nSPS) is 21.8. The minimum Gasteiger partial charge on any atom is -0.310 e. The zero-order valence-corrected chi connectivity index (χ0v) is 19.3. The molecule has 7 heteroatoms. The van der Waals surface area contributed by atoms with Gasteiger partial charge in [-0.15, -0.1) is 0 Å². The lowest BCUT2D eigenvalue weighted by Gasteiger charge is -2.28. The van der Waals surface area contributed by atoms with Gasteiger partial charge in [-0.25, -0.2) is 4.98 Å². The van der Waals surface area contributed by atoms with E-state index in [2.05, 4.69) is 45.0 Å². The molecule has 1 fully saturated rings. The Kier molecular flexibility index (Phi) is 5.49. The van der Waals surface area contributed by atoms with Crippen molar-refractivity contribution in [2.24, 2.45) is 11.3 Å². The summed E-state index contributed by atoms with van der Waals surface area (Å²) in [6.45, 7) is 5.39. The maximum atomic E-state index is 13.1. The van der Waals surface area contributed by atoms with Crippen LogP contribution in [0.5, 0.6) is 0 Å². The molecule has 0 bridgehead atoms. The van der Waals surface area contributed by atoms with Gasteiger partial charge in [0.1, 0.15) is 5.82 Å². The average Bonchev–Trinajstić information content (AvgIpc) is 3.30. The summed E-state index contributed by atoms with van der Waals surface area (Å²) in [5, 5.41) is 8.17. The number of fused-ring (bicyclic) bond motifs is 1. The van der Waals surface area contributed by atoms with E-state index in [1.54, 1.807) is 12.4 Å². The lowest BCUT2D eigenvalue weighted by molar-refractivity contribution is -0.120. The number of amides is 1. The molecule has 4 heterocycles. The van der Waals surface area contributed by atoms with Crippen LogP contribution in [0.25, 0.3) is 11.1 Å². The van der Waals surface area contributed by atoms with Crippen molar-refractivity contribution >= 4 is 23.3 Å². The lowest BCUT2D eigenvalue weighted by atomic mass is 9.78. The van der Waals surface area contributed by atoms with Crippen molar-refractivity contribution in [1.82, 2.24) is 19.7 Å². The Hall–Kier alpha value is -2.73. The van der Waals surface area contributed by atoms with Gasteiger partial charge in [0, 0.05) is 47.9 Å². The smallest absolute Gasteiger partial charge is 0.228 e. The number of rotatable bonds is 4. The molecule has 32 heavy (non-hydrogen) atoms. The third kappa shape index (κ3) is 4.16. The number of carbonyl (C=O) groups is 1. The van der Waals surface area contributed by atoms with Crippen molar-refractivity contribution < 1.29 is 4.79 Å². The Labute approximate surface area is 193 Å². The summed E-state index contributed by atoms with van der Waals surface area (Å²) < 4.78 is 2.06. The maximum absolute atomic E-state index is 13.1. The van der Waals surface area contributed by atoms with Gasteiger partial charge in [0.2, 0.25) is 5.91 Å². The fourth-order valence-electron chi connectivity index (χ4n) is 5.16. The highest BCUT2D eigenvalue weighted by Crippen LogP contribution is 2.40. The fourth-order valence-corrected chi connectivity index (χ4v) is 5.37.